The lowest BCUT2D eigenvalue weighted by Crippen LogP contribution is -2.41. The maximum Gasteiger partial charge on any atom is 0.0404 e. The summed E-state index contributed by atoms with van der Waals surface area (Å²) in [4.78, 5) is 2.47. The number of nitrogens with zero attached hydrogens (tertiary/aromatic N) is 1. The van der Waals surface area contributed by atoms with Gasteiger partial charge in [0.1, 0.15) is 0 Å². The molecule has 3 aromatic carbocycles. The van der Waals surface area contributed by atoms with Crippen LogP contribution in [0.1, 0.15) is 58.2 Å². The molecule has 0 amide bonds. The van der Waals surface area contributed by atoms with Gasteiger partial charge in [0.15, 0.2) is 0 Å². The zero-order valence-corrected chi connectivity index (χ0v) is 19.1. The minimum absolute atomic E-state index is 0.144. The average Bonchev–Trinajstić information content (AvgIpc) is 3.16. The van der Waals surface area contributed by atoms with E-state index in [1.165, 1.54) is 27.8 Å². The van der Waals surface area contributed by atoms with Crippen LogP contribution in [-0.2, 0) is 12.0 Å². The van der Waals surface area contributed by atoms with Crippen LogP contribution in [0.4, 0.5) is 0 Å². The molecule has 0 atom stereocenters. The van der Waals surface area contributed by atoms with Gasteiger partial charge in [-0.2, -0.15) is 0 Å². The van der Waals surface area contributed by atoms with Crippen LogP contribution in [0.15, 0.2) is 78.9 Å². The zero-order valence-electron chi connectivity index (χ0n) is 19.1. The Morgan fingerprint density at radius 3 is 1.52 bits per heavy atom. The quantitative estimate of drug-likeness (QED) is 0.349. The summed E-state index contributed by atoms with van der Waals surface area (Å²) in [7, 11) is 0. The zero-order chi connectivity index (χ0) is 21.3. The second-order valence-electron chi connectivity index (χ2n) is 7.59. The first-order valence-electron chi connectivity index (χ1n) is 11.0. The highest BCUT2D eigenvalue weighted by Gasteiger charge is 2.25. The summed E-state index contributed by atoms with van der Waals surface area (Å²) in [6, 6.07) is 28.0. The van der Waals surface area contributed by atoms with E-state index in [4.69, 9.17) is 0 Å². The van der Waals surface area contributed by atoms with Crippen LogP contribution >= 0.6 is 0 Å². The van der Waals surface area contributed by atoms with E-state index in [0.717, 1.165) is 19.5 Å². The highest BCUT2D eigenvalue weighted by molar-refractivity contribution is 5.76. The van der Waals surface area contributed by atoms with Gasteiger partial charge >= 0.3 is 0 Å². The van der Waals surface area contributed by atoms with Gasteiger partial charge in [0.05, 0.1) is 0 Å². The van der Waals surface area contributed by atoms with Gasteiger partial charge in [-0.1, -0.05) is 107 Å². The number of fused-ring (bicyclic) bond motifs is 3. The van der Waals surface area contributed by atoms with E-state index in [2.05, 4.69) is 111 Å². The van der Waals surface area contributed by atoms with Crippen molar-refractivity contribution >= 4 is 0 Å². The molecule has 0 N–H and O–H groups in total. The van der Waals surface area contributed by atoms with Crippen molar-refractivity contribution in [2.75, 3.05) is 13.1 Å². The number of hydrogen-bond acceptors (Lipinski definition) is 1. The summed E-state index contributed by atoms with van der Waals surface area (Å²) >= 11 is 0. The van der Waals surface area contributed by atoms with Crippen molar-refractivity contribution in [3.05, 3.63) is 95.6 Å². The van der Waals surface area contributed by atoms with Crippen molar-refractivity contribution in [3.8, 4) is 11.1 Å². The fourth-order valence-electron chi connectivity index (χ4n) is 4.12. The molecular formula is C28H37N. The Balaban J connectivity index is 0.000000191. The predicted octanol–water partition coefficient (Wildman–Crippen LogP) is 7.55. The third-order valence-corrected chi connectivity index (χ3v) is 5.74. The molecule has 1 heteroatoms. The lowest BCUT2D eigenvalue weighted by atomic mass is 9.92. The van der Waals surface area contributed by atoms with Gasteiger partial charge in [-0.3, -0.25) is 4.90 Å². The molecule has 0 radical (unpaired) electrons. The molecule has 0 spiro atoms. The van der Waals surface area contributed by atoms with Crippen molar-refractivity contribution in [1.29, 1.82) is 0 Å². The van der Waals surface area contributed by atoms with Crippen LogP contribution in [0.3, 0.4) is 0 Å². The standard InChI is InChI=1S/C13H21N.C13H10.C2H6/c1-5-14(6-2)13(3,4)12-10-8-7-9-11-12;1-3-7-12-10(5-1)9-11-6-2-4-8-13(11)12;1-2/h7-11H,5-6H2,1-4H3;1-8H,9H2;1-2H3. The van der Waals surface area contributed by atoms with E-state index in [-0.39, 0.29) is 5.54 Å². The van der Waals surface area contributed by atoms with E-state index in [1.807, 2.05) is 13.8 Å². The molecule has 1 nitrogen and oxygen atoms in total. The lowest BCUT2D eigenvalue weighted by Gasteiger charge is -2.37. The van der Waals surface area contributed by atoms with E-state index < -0.39 is 0 Å². The van der Waals surface area contributed by atoms with Gasteiger partial charge < -0.3 is 0 Å². The number of rotatable bonds is 4. The van der Waals surface area contributed by atoms with Crippen molar-refractivity contribution < 1.29 is 0 Å². The molecular weight excluding hydrogens is 350 g/mol. The Morgan fingerprint density at radius 1 is 0.655 bits per heavy atom. The van der Waals surface area contributed by atoms with Crippen molar-refractivity contribution in [2.45, 2.75) is 53.5 Å². The van der Waals surface area contributed by atoms with Gasteiger partial charge in [0, 0.05) is 5.54 Å². The first-order chi connectivity index (χ1) is 14.1. The molecule has 0 aromatic heterocycles. The first kappa shape index (κ1) is 22.9. The molecule has 1 aliphatic carbocycles. The Labute approximate surface area is 178 Å². The normalized spacial score (nSPS) is 11.6. The van der Waals surface area contributed by atoms with Crippen LogP contribution in [0, 0.1) is 0 Å². The summed E-state index contributed by atoms with van der Waals surface area (Å²) in [6.07, 6.45) is 1.10. The van der Waals surface area contributed by atoms with Crippen molar-refractivity contribution in [3.63, 3.8) is 0 Å². The van der Waals surface area contributed by atoms with E-state index in [9.17, 15) is 0 Å². The monoisotopic (exact) mass is 387 g/mol. The van der Waals surface area contributed by atoms with Gasteiger partial charge in [0.2, 0.25) is 0 Å². The number of benzene rings is 3. The van der Waals surface area contributed by atoms with Crippen LogP contribution in [0.25, 0.3) is 11.1 Å². The largest absolute Gasteiger partial charge is 0.295 e. The van der Waals surface area contributed by atoms with Gasteiger partial charge in [-0.15, -0.1) is 0 Å². The molecule has 0 fully saturated rings. The summed E-state index contributed by atoms with van der Waals surface area (Å²) in [5.74, 6) is 0. The molecule has 4 rings (SSSR count). The van der Waals surface area contributed by atoms with E-state index in [0.29, 0.717) is 0 Å². The van der Waals surface area contributed by atoms with Crippen molar-refractivity contribution in [1.82, 2.24) is 4.90 Å². The Kier molecular flexibility index (Phi) is 8.67. The molecule has 3 aromatic rings. The summed E-state index contributed by atoms with van der Waals surface area (Å²) < 4.78 is 0. The molecule has 29 heavy (non-hydrogen) atoms. The molecule has 0 saturated carbocycles. The Hall–Kier alpha value is -2.38. The first-order valence-corrected chi connectivity index (χ1v) is 11.0. The van der Waals surface area contributed by atoms with Crippen LogP contribution in [-0.4, -0.2) is 18.0 Å². The SMILES string of the molecule is CC.CCN(CC)C(C)(C)c1ccccc1.c1ccc2c(c1)Cc1ccccc1-2. The topological polar surface area (TPSA) is 3.24 Å². The fourth-order valence-corrected chi connectivity index (χ4v) is 4.12. The van der Waals surface area contributed by atoms with Crippen molar-refractivity contribution in [2.24, 2.45) is 0 Å². The van der Waals surface area contributed by atoms with Gasteiger partial charge in [-0.25, -0.2) is 0 Å². The van der Waals surface area contributed by atoms with Gasteiger partial charge in [0.25, 0.3) is 0 Å². The summed E-state index contributed by atoms with van der Waals surface area (Å²) in [5.41, 5.74) is 7.29. The Bertz CT molecular complexity index is 817. The smallest absolute Gasteiger partial charge is 0.0404 e. The molecule has 0 saturated heterocycles. The Morgan fingerprint density at radius 2 is 1.07 bits per heavy atom. The molecule has 0 bridgehead atoms. The number of hydrogen-bond donors (Lipinski definition) is 0. The van der Waals surface area contributed by atoms with Crippen LogP contribution in [0.5, 0.6) is 0 Å². The predicted molar refractivity (Wildman–Crippen MR) is 128 cm³/mol. The average molecular weight is 388 g/mol. The van der Waals surface area contributed by atoms with Crippen LogP contribution in [0.2, 0.25) is 0 Å². The summed E-state index contributed by atoms with van der Waals surface area (Å²) in [6.45, 7) is 15.2. The highest BCUT2D eigenvalue weighted by Crippen LogP contribution is 2.35. The molecule has 0 aliphatic heterocycles. The molecule has 0 heterocycles. The van der Waals surface area contributed by atoms with E-state index >= 15 is 0 Å². The maximum absolute atomic E-state index is 2.47. The lowest BCUT2D eigenvalue weighted by molar-refractivity contribution is 0.135. The van der Waals surface area contributed by atoms with E-state index in [1.54, 1.807) is 0 Å². The minimum atomic E-state index is 0.144. The molecule has 0 unspecified atom stereocenters. The molecule has 1 aliphatic rings. The maximum atomic E-state index is 2.47. The second kappa shape index (κ2) is 11.0. The molecule has 154 valence electrons. The summed E-state index contributed by atoms with van der Waals surface area (Å²) in [5, 5.41) is 0. The third kappa shape index (κ3) is 5.36. The minimum Gasteiger partial charge on any atom is -0.295 e. The third-order valence-electron chi connectivity index (χ3n) is 5.74. The van der Waals surface area contributed by atoms with Gasteiger partial charge in [-0.05, 0) is 61.2 Å². The fraction of sp³-hybridized carbons (Fsp3) is 0.357. The second-order valence-corrected chi connectivity index (χ2v) is 7.59. The highest BCUT2D eigenvalue weighted by atomic mass is 15.2. The van der Waals surface area contributed by atoms with Crippen LogP contribution < -0.4 is 0 Å².